The summed E-state index contributed by atoms with van der Waals surface area (Å²) in [4.78, 5) is 10.6. The number of benzene rings is 1. The first-order chi connectivity index (χ1) is 8.04. The highest BCUT2D eigenvalue weighted by atomic mass is 35.5. The number of amides is 1. The van der Waals surface area contributed by atoms with Crippen molar-refractivity contribution < 1.29 is 4.79 Å². The largest absolute Gasteiger partial charge is 0.370 e. The third-order valence-electron chi connectivity index (χ3n) is 2.52. The molecule has 0 saturated carbocycles. The van der Waals surface area contributed by atoms with Crippen LogP contribution in [0.2, 0.25) is 10.0 Å². The predicted molar refractivity (Wildman–Crippen MR) is 71.3 cm³/mol. The van der Waals surface area contributed by atoms with Gasteiger partial charge in [0, 0.05) is 19.0 Å². The van der Waals surface area contributed by atoms with Gasteiger partial charge < -0.3 is 11.1 Å². The van der Waals surface area contributed by atoms with Gasteiger partial charge in [-0.3, -0.25) is 4.79 Å². The maximum Gasteiger partial charge on any atom is 0.218 e. The molecule has 0 aliphatic carbocycles. The molecule has 3 N–H and O–H groups in total. The summed E-state index contributed by atoms with van der Waals surface area (Å²) in [5.74, 6) is -0.304. The number of hydrogen-bond donors (Lipinski definition) is 2. The minimum absolute atomic E-state index is 0.157. The molecule has 0 aliphatic rings. The summed E-state index contributed by atoms with van der Waals surface area (Å²) in [6.45, 7) is 2.62. The van der Waals surface area contributed by atoms with Gasteiger partial charge in [0.15, 0.2) is 0 Å². The van der Waals surface area contributed by atoms with E-state index >= 15 is 0 Å². The van der Waals surface area contributed by atoms with Crippen LogP contribution in [0.5, 0.6) is 0 Å². The van der Waals surface area contributed by atoms with Crippen LogP contribution in [0.4, 0.5) is 0 Å². The molecule has 0 bridgehead atoms. The van der Waals surface area contributed by atoms with Crippen molar-refractivity contribution in [1.29, 1.82) is 0 Å². The summed E-state index contributed by atoms with van der Waals surface area (Å²) < 4.78 is 0. The van der Waals surface area contributed by atoms with Crippen LogP contribution >= 0.6 is 23.2 Å². The van der Waals surface area contributed by atoms with Crippen LogP contribution in [0.15, 0.2) is 18.2 Å². The molecule has 0 heterocycles. The molecular weight excluding hydrogens is 259 g/mol. The van der Waals surface area contributed by atoms with Crippen LogP contribution in [0.25, 0.3) is 0 Å². The lowest BCUT2D eigenvalue weighted by atomic mass is 10.0. The number of carbonyl (C=O) groups is 1. The van der Waals surface area contributed by atoms with Crippen molar-refractivity contribution in [3.63, 3.8) is 0 Å². The van der Waals surface area contributed by atoms with Gasteiger partial charge in [0.05, 0.1) is 10.0 Å². The summed E-state index contributed by atoms with van der Waals surface area (Å²) in [6, 6.07) is 5.70. The van der Waals surface area contributed by atoms with Gasteiger partial charge in [0.25, 0.3) is 0 Å². The van der Waals surface area contributed by atoms with E-state index in [2.05, 4.69) is 12.2 Å². The first-order valence-corrected chi connectivity index (χ1v) is 6.26. The molecule has 0 aromatic heterocycles. The van der Waals surface area contributed by atoms with E-state index in [1.165, 1.54) is 0 Å². The quantitative estimate of drug-likeness (QED) is 0.838. The SMILES string of the molecule is CCC(NCCC(N)=O)c1ccc(Cl)c(Cl)c1. The zero-order chi connectivity index (χ0) is 12.8. The molecule has 0 aliphatic heterocycles. The van der Waals surface area contributed by atoms with Crippen molar-refractivity contribution in [3.05, 3.63) is 33.8 Å². The molecular formula is C12H16Cl2N2O. The van der Waals surface area contributed by atoms with Crippen LogP contribution in [0, 0.1) is 0 Å². The summed E-state index contributed by atoms with van der Waals surface area (Å²) in [5, 5.41) is 4.35. The number of hydrogen-bond acceptors (Lipinski definition) is 2. The van der Waals surface area contributed by atoms with Gasteiger partial charge in [-0.25, -0.2) is 0 Å². The Labute approximate surface area is 111 Å². The molecule has 1 aromatic carbocycles. The summed E-state index contributed by atoms with van der Waals surface area (Å²) in [6.07, 6.45) is 1.23. The molecule has 1 rings (SSSR count). The first-order valence-electron chi connectivity index (χ1n) is 5.51. The van der Waals surface area contributed by atoms with Crippen LogP contribution < -0.4 is 11.1 Å². The Bertz CT molecular complexity index is 396. The van der Waals surface area contributed by atoms with Crippen molar-refractivity contribution in [2.24, 2.45) is 5.73 Å². The molecule has 0 radical (unpaired) electrons. The predicted octanol–water partition coefficient (Wildman–Crippen LogP) is 2.91. The third kappa shape index (κ3) is 4.54. The molecule has 94 valence electrons. The van der Waals surface area contributed by atoms with Crippen molar-refractivity contribution in [3.8, 4) is 0 Å². The van der Waals surface area contributed by atoms with Crippen LogP contribution in [-0.4, -0.2) is 12.5 Å². The van der Waals surface area contributed by atoms with Gasteiger partial charge in [0.2, 0.25) is 5.91 Å². The highest BCUT2D eigenvalue weighted by Crippen LogP contribution is 2.26. The molecule has 1 aromatic rings. The fourth-order valence-corrected chi connectivity index (χ4v) is 1.90. The summed E-state index contributed by atoms with van der Waals surface area (Å²) in [5.41, 5.74) is 6.15. The number of nitrogens with two attached hydrogens (primary N) is 1. The van der Waals surface area contributed by atoms with Crippen LogP contribution in [0.3, 0.4) is 0 Å². The monoisotopic (exact) mass is 274 g/mol. The normalized spacial score (nSPS) is 12.4. The Kier molecular flexibility index (Phi) is 5.75. The minimum Gasteiger partial charge on any atom is -0.370 e. The summed E-state index contributed by atoms with van der Waals surface area (Å²) >= 11 is 11.8. The van der Waals surface area contributed by atoms with Crippen molar-refractivity contribution >= 4 is 29.1 Å². The zero-order valence-corrected chi connectivity index (χ0v) is 11.2. The van der Waals surface area contributed by atoms with Crippen molar-refractivity contribution in [2.45, 2.75) is 25.8 Å². The fourth-order valence-electron chi connectivity index (χ4n) is 1.60. The topological polar surface area (TPSA) is 55.1 Å². The minimum atomic E-state index is -0.304. The standard InChI is InChI=1S/C12H16Cl2N2O/c1-2-11(16-6-5-12(15)17)8-3-4-9(13)10(14)7-8/h3-4,7,11,16H,2,5-6H2,1H3,(H2,15,17). The van der Waals surface area contributed by atoms with Crippen LogP contribution in [0.1, 0.15) is 31.4 Å². The Morgan fingerprint density at radius 3 is 2.65 bits per heavy atom. The number of carbonyl (C=O) groups excluding carboxylic acids is 1. The number of halogens is 2. The molecule has 1 unspecified atom stereocenters. The Morgan fingerprint density at radius 1 is 1.41 bits per heavy atom. The van der Waals surface area contributed by atoms with Gasteiger partial charge in [-0.15, -0.1) is 0 Å². The Balaban J connectivity index is 2.65. The van der Waals surface area contributed by atoms with E-state index in [4.69, 9.17) is 28.9 Å². The molecule has 1 atom stereocenters. The second-order valence-electron chi connectivity index (χ2n) is 3.80. The van der Waals surface area contributed by atoms with E-state index in [0.717, 1.165) is 12.0 Å². The molecule has 3 nitrogen and oxygen atoms in total. The van der Waals surface area contributed by atoms with Gasteiger partial charge in [-0.05, 0) is 24.1 Å². The van der Waals surface area contributed by atoms with Crippen molar-refractivity contribution in [1.82, 2.24) is 5.32 Å². The number of rotatable bonds is 6. The van der Waals surface area contributed by atoms with E-state index in [9.17, 15) is 4.79 Å². The first kappa shape index (κ1) is 14.3. The lowest BCUT2D eigenvalue weighted by Gasteiger charge is -2.17. The molecule has 0 fully saturated rings. The molecule has 5 heteroatoms. The fraction of sp³-hybridized carbons (Fsp3) is 0.417. The van der Waals surface area contributed by atoms with Crippen molar-refractivity contribution in [2.75, 3.05) is 6.54 Å². The van der Waals surface area contributed by atoms with E-state index in [1.54, 1.807) is 6.07 Å². The highest BCUT2D eigenvalue weighted by molar-refractivity contribution is 6.42. The molecule has 1 amide bonds. The molecule has 0 saturated heterocycles. The van der Waals surface area contributed by atoms with E-state index < -0.39 is 0 Å². The van der Waals surface area contributed by atoms with Gasteiger partial charge in [-0.1, -0.05) is 36.2 Å². The zero-order valence-electron chi connectivity index (χ0n) is 9.67. The smallest absolute Gasteiger partial charge is 0.218 e. The lowest BCUT2D eigenvalue weighted by Crippen LogP contribution is -2.25. The second-order valence-corrected chi connectivity index (χ2v) is 4.62. The van der Waals surface area contributed by atoms with E-state index in [0.29, 0.717) is 23.0 Å². The Morgan fingerprint density at radius 2 is 2.12 bits per heavy atom. The molecule has 0 spiro atoms. The third-order valence-corrected chi connectivity index (χ3v) is 3.26. The Hall–Kier alpha value is -0.770. The van der Waals surface area contributed by atoms with Gasteiger partial charge in [-0.2, -0.15) is 0 Å². The van der Waals surface area contributed by atoms with Crippen LogP contribution in [-0.2, 0) is 4.79 Å². The summed E-state index contributed by atoms with van der Waals surface area (Å²) in [7, 11) is 0. The average Bonchev–Trinajstić information content (AvgIpc) is 2.28. The van der Waals surface area contributed by atoms with Gasteiger partial charge in [0.1, 0.15) is 0 Å². The second kappa shape index (κ2) is 6.84. The average molecular weight is 275 g/mol. The van der Waals surface area contributed by atoms with E-state index in [-0.39, 0.29) is 11.9 Å². The number of primary amides is 1. The highest BCUT2D eigenvalue weighted by Gasteiger charge is 2.10. The maximum absolute atomic E-state index is 10.6. The maximum atomic E-state index is 10.6. The van der Waals surface area contributed by atoms with E-state index in [1.807, 2.05) is 12.1 Å². The molecule has 17 heavy (non-hydrogen) atoms. The number of nitrogens with one attached hydrogen (secondary N) is 1. The van der Waals surface area contributed by atoms with Gasteiger partial charge >= 0.3 is 0 Å². The lowest BCUT2D eigenvalue weighted by molar-refractivity contribution is -0.117.